The first kappa shape index (κ1) is 13.5. The van der Waals surface area contributed by atoms with Crippen LogP contribution in [0.25, 0.3) is 11.1 Å². The van der Waals surface area contributed by atoms with Crippen LogP contribution in [0, 0.1) is 10.1 Å². The van der Waals surface area contributed by atoms with E-state index in [2.05, 4.69) is 0 Å². The van der Waals surface area contributed by atoms with Crippen molar-refractivity contribution in [3.63, 3.8) is 0 Å². The van der Waals surface area contributed by atoms with Crippen LogP contribution in [0.3, 0.4) is 0 Å². The van der Waals surface area contributed by atoms with Crippen LogP contribution in [0.4, 0.5) is 17.1 Å². The molecule has 0 radical (unpaired) electrons. The van der Waals surface area contributed by atoms with Crippen molar-refractivity contribution in [2.24, 2.45) is 0 Å². The second-order valence-electron chi connectivity index (χ2n) is 3.88. The maximum atomic E-state index is 10.9. The fourth-order valence-corrected chi connectivity index (χ4v) is 2.02. The monoisotopic (exact) mass is 297 g/mol. The molecule has 0 spiro atoms. The van der Waals surface area contributed by atoms with E-state index in [9.17, 15) is 10.1 Å². The van der Waals surface area contributed by atoms with Crippen LogP contribution in [0.1, 0.15) is 0 Å². The summed E-state index contributed by atoms with van der Waals surface area (Å²) < 4.78 is 0. The minimum Gasteiger partial charge on any atom is -0.398 e. The smallest absolute Gasteiger partial charge is 0.294 e. The summed E-state index contributed by atoms with van der Waals surface area (Å²) in [5, 5.41) is 11.4. The molecule has 7 heteroatoms. The van der Waals surface area contributed by atoms with Crippen molar-refractivity contribution in [3.8, 4) is 11.1 Å². The third-order valence-corrected chi connectivity index (χ3v) is 3.28. The minimum atomic E-state index is -0.580. The standard InChI is InChI=1S/C12H9Cl2N3O2/c13-8-3-6(1-2-10(8)15)7-4-9(14)12(16)11(5-7)17(18)19/h1-5H,15-16H2. The molecule has 0 aromatic heterocycles. The van der Waals surface area contributed by atoms with E-state index in [1.54, 1.807) is 24.3 Å². The largest absolute Gasteiger partial charge is 0.398 e. The van der Waals surface area contributed by atoms with Crippen LogP contribution in [0.5, 0.6) is 0 Å². The van der Waals surface area contributed by atoms with Gasteiger partial charge >= 0.3 is 0 Å². The molecule has 2 rings (SSSR count). The molecule has 0 aliphatic carbocycles. The van der Waals surface area contributed by atoms with Crippen molar-refractivity contribution in [3.05, 3.63) is 50.5 Å². The molecule has 0 amide bonds. The fourth-order valence-electron chi connectivity index (χ4n) is 1.63. The summed E-state index contributed by atoms with van der Waals surface area (Å²) in [6.45, 7) is 0. The number of nitro benzene ring substituents is 1. The minimum absolute atomic E-state index is 0.0584. The van der Waals surface area contributed by atoms with Crippen LogP contribution < -0.4 is 11.5 Å². The van der Waals surface area contributed by atoms with Gasteiger partial charge in [0, 0.05) is 6.07 Å². The van der Waals surface area contributed by atoms with Gasteiger partial charge in [-0.05, 0) is 29.3 Å². The predicted molar refractivity (Wildman–Crippen MR) is 77.4 cm³/mol. The van der Waals surface area contributed by atoms with Gasteiger partial charge in [-0.25, -0.2) is 0 Å². The summed E-state index contributed by atoms with van der Waals surface area (Å²) in [6, 6.07) is 7.83. The zero-order valence-corrected chi connectivity index (χ0v) is 11.1. The summed E-state index contributed by atoms with van der Waals surface area (Å²) in [6.07, 6.45) is 0. The zero-order valence-electron chi connectivity index (χ0n) is 9.56. The first-order valence-electron chi connectivity index (χ1n) is 5.19. The Morgan fingerprint density at radius 2 is 1.63 bits per heavy atom. The maximum Gasteiger partial charge on any atom is 0.294 e. The number of nitrogens with two attached hydrogens (primary N) is 2. The highest BCUT2D eigenvalue weighted by Crippen LogP contribution is 2.36. The molecule has 0 aliphatic heterocycles. The lowest BCUT2D eigenvalue weighted by Crippen LogP contribution is -1.97. The van der Waals surface area contributed by atoms with E-state index in [1.807, 2.05) is 0 Å². The van der Waals surface area contributed by atoms with Gasteiger partial charge in [-0.3, -0.25) is 10.1 Å². The lowest BCUT2D eigenvalue weighted by atomic mass is 10.0. The van der Waals surface area contributed by atoms with Crippen molar-refractivity contribution in [1.29, 1.82) is 0 Å². The van der Waals surface area contributed by atoms with E-state index < -0.39 is 4.92 Å². The van der Waals surface area contributed by atoms with E-state index in [0.29, 0.717) is 21.8 Å². The van der Waals surface area contributed by atoms with Gasteiger partial charge in [0.05, 0.1) is 20.7 Å². The molecule has 98 valence electrons. The molecule has 19 heavy (non-hydrogen) atoms. The van der Waals surface area contributed by atoms with Crippen molar-refractivity contribution in [2.45, 2.75) is 0 Å². The number of nitrogens with zero attached hydrogens (tertiary/aromatic N) is 1. The number of anilines is 2. The average molecular weight is 298 g/mol. The molecule has 0 heterocycles. The van der Waals surface area contributed by atoms with Crippen LogP contribution in [-0.2, 0) is 0 Å². The second kappa shape index (κ2) is 4.95. The number of benzene rings is 2. The summed E-state index contributed by atoms with van der Waals surface area (Å²) in [7, 11) is 0. The van der Waals surface area contributed by atoms with Crippen molar-refractivity contribution < 1.29 is 4.92 Å². The van der Waals surface area contributed by atoms with Crippen LogP contribution >= 0.6 is 23.2 Å². The van der Waals surface area contributed by atoms with Crippen molar-refractivity contribution >= 4 is 40.3 Å². The number of nitrogen functional groups attached to an aromatic ring is 2. The Bertz CT molecular complexity index is 674. The normalized spacial score (nSPS) is 10.4. The van der Waals surface area contributed by atoms with Gasteiger partial charge < -0.3 is 11.5 Å². The molecular formula is C12H9Cl2N3O2. The highest BCUT2D eigenvalue weighted by atomic mass is 35.5. The Labute approximate surface area is 118 Å². The highest BCUT2D eigenvalue weighted by Gasteiger charge is 2.17. The van der Waals surface area contributed by atoms with E-state index in [-0.39, 0.29) is 16.4 Å². The summed E-state index contributed by atoms with van der Waals surface area (Å²) in [5.74, 6) is 0. The summed E-state index contributed by atoms with van der Waals surface area (Å²) in [4.78, 5) is 10.3. The van der Waals surface area contributed by atoms with Crippen molar-refractivity contribution in [1.82, 2.24) is 0 Å². The molecule has 5 nitrogen and oxygen atoms in total. The first-order chi connectivity index (χ1) is 8.90. The Hall–Kier alpha value is -1.98. The molecule has 0 saturated heterocycles. The van der Waals surface area contributed by atoms with E-state index in [1.165, 1.54) is 6.07 Å². The van der Waals surface area contributed by atoms with E-state index in [4.69, 9.17) is 34.7 Å². The van der Waals surface area contributed by atoms with Crippen LogP contribution in [0.2, 0.25) is 10.0 Å². The van der Waals surface area contributed by atoms with Gasteiger partial charge in [0.1, 0.15) is 5.69 Å². The van der Waals surface area contributed by atoms with Gasteiger partial charge in [0.15, 0.2) is 0 Å². The number of hydrogen-bond donors (Lipinski definition) is 2. The molecule has 0 saturated carbocycles. The Morgan fingerprint density at radius 1 is 1.00 bits per heavy atom. The van der Waals surface area contributed by atoms with E-state index >= 15 is 0 Å². The van der Waals surface area contributed by atoms with Gasteiger partial charge in [-0.1, -0.05) is 29.3 Å². The Balaban J connectivity index is 2.62. The molecule has 2 aromatic carbocycles. The maximum absolute atomic E-state index is 10.9. The van der Waals surface area contributed by atoms with Gasteiger partial charge in [-0.15, -0.1) is 0 Å². The molecule has 0 unspecified atom stereocenters. The second-order valence-corrected chi connectivity index (χ2v) is 4.70. The SMILES string of the molecule is Nc1ccc(-c2cc(Cl)c(N)c([N+](=O)[O-])c2)cc1Cl. The zero-order chi connectivity index (χ0) is 14.2. The number of nitro groups is 1. The fraction of sp³-hybridized carbons (Fsp3) is 0. The first-order valence-corrected chi connectivity index (χ1v) is 5.94. The summed E-state index contributed by atoms with van der Waals surface area (Å²) >= 11 is 11.8. The summed E-state index contributed by atoms with van der Waals surface area (Å²) in [5.41, 5.74) is 12.5. The predicted octanol–water partition coefficient (Wildman–Crippen LogP) is 3.73. The molecule has 0 atom stereocenters. The number of hydrogen-bond acceptors (Lipinski definition) is 4. The molecular weight excluding hydrogens is 289 g/mol. The third kappa shape index (κ3) is 2.57. The van der Waals surface area contributed by atoms with Gasteiger partial charge in [-0.2, -0.15) is 0 Å². The lowest BCUT2D eigenvalue weighted by molar-refractivity contribution is -0.383. The quantitative estimate of drug-likeness (QED) is 0.501. The molecule has 4 N–H and O–H groups in total. The Kier molecular flexibility index (Phi) is 3.50. The molecule has 0 aliphatic rings. The Morgan fingerprint density at radius 3 is 2.21 bits per heavy atom. The van der Waals surface area contributed by atoms with E-state index in [0.717, 1.165) is 0 Å². The van der Waals surface area contributed by atoms with Crippen LogP contribution in [-0.4, -0.2) is 4.92 Å². The number of halogens is 2. The third-order valence-electron chi connectivity index (χ3n) is 2.64. The lowest BCUT2D eigenvalue weighted by Gasteiger charge is -2.07. The van der Waals surface area contributed by atoms with Crippen LogP contribution in [0.15, 0.2) is 30.3 Å². The van der Waals surface area contributed by atoms with Crippen molar-refractivity contribution in [2.75, 3.05) is 11.5 Å². The molecule has 2 aromatic rings. The topological polar surface area (TPSA) is 95.2 Å². The number of rotatable bonds is 2. The molecule has 0 fully saturated rings. The highest BCUT2D eigenvalue weighted by molar-refractivity contribution is 6.34. The average Bonchev–Trinajstić information content (AvgIpc) is 2.35. The van der Waals surface area contributed by atoms with Gasteiger partial charge in [0.2, 0.25) is 0 Å². The molecule has 0 bridgehead atoms. The van der Waals surface area contributed by atoms with Gasteiger partial charge in [0.25, 0.3) is 5.69 Å².